The van der Waals surface area contributed by atoms with Crippen LogP contribution < -0.4 is 5.32 Å². The van der Waals surface area contributed by atoms with Crippen LogP contribution in [0.1, 0.15) is 74.0 Å². The third kappa shape index (κ3) is 4.65. The van der Waals surface area contributed by atoms with Gasteiger partial charge in [0.1, 0.15) is 5.82 Å². The number of carbonyl (C=O) groups is 4. The molecule has 0 radical (unpaired) electrons. The Morgan fingerprint density at radius 2 is 1.61 bits per heavy atom. The lowest BCUT2D eigenvalue weighted by Gasteiger charge is -2.32. The predicted molar refractivity (Wildman–Crippen MR) is 120 cm³/mol. The Balaban J connectivity index is 1.36. The number of piperidine rings is 1. The zero-order valence-electron chi connectivity index (χ0n) is 18.5. The fourth-order valence-electron chi connectivity index (χ4n) is 4.22. The van der Waals surface area contributed by atoms with Gasteiger partial charge in [0.2, 0.25) is 0 Å². The number of unbranched alkanes of at least 4 members (excludes halogenated alkanes) is 1. The first-order valence-corrected chi connectivity index (χ1v) is 11.2. The average Bonchev–Trinajstić information content (AvgIpc) is 3.07. The smallest absolute Gasteiger partial charge is 0.261 e. The highest BCUT2D eigenvalue weighted by Crippen LogP contribution is 2.25. The van der Waals surface area contributed by atoms with Crippen molar-refractivity contribution < 1.29 is 23.6 Å². The molecule has 1 N–H and O–H groups in total. The van der Waals surface area contributed by atoms with Crippen molar-refractivity contribution in [3.63, 3.8) is 0 Å². The van der Waals surface area contributed by atoms with Crippen LogP contribution in [0.5, 0.6) is 0 Å². The Morgan fingerprint density at radius 1 is 0.970 bits per heavy atom. The third-order valence-corrected chi connectivity index (χ3v) is 6.18. The summed E-state index contributed by atoms with van der Waals surface area (Å²) in [7, 11) is 0. The first kappa shape index (κ1) is 22.6. The number of halogens is 1. The second-order valence-corrected chi connectivity index (χ2v) is 8.42. The molecule has 1 fully saturated rings. The zero-order valence-corrected chi connectivity index (χ0v) is 18.5. The summed E-state index contributed by atoms with van der Waals surface area (Å²) in [5.41, 5.74) is 1.39. The summed E-state index contributed by atoms with van der Waals surface area (Å²) < 4.78 is 13.0. The number of nitrogens with one attached hydrogen (secondary N) is 1. The number of rotatable bonds is 6. The molecule has 0 bridgehead atoms. The number of hydrogen-bond acceptors (Lipinski definition) is 4. The summed E-state index contributed by atoms with van der Waals surface area (Å²) >= 11 is 0. The van der Waals surface area contributed by atoms with Crippen LogP contribution >= 0.6 is 0 Å². The van der Waals surface area contributed by atoms with Crippen molar-refractivity contribution in [1.29, 1.82) is 0 Å². The number of nitrogens with zero attached hydrogens (tertiary/aromatic N) is 2. The van der Waals surface area contributed by atoms with Gasteiger partial charge in [-0.3, -0.25) is 24.1 Å². The highest BCUT2D eigenvalue weighted by atomic mass is 19.1. The standard InChI is InChI=1S/C25H26FN3O4/c1-2-3-12-29-24(32)20-9-6-17(15-21(20)25(29)33)23(31)28-13-10-19(11-14-28)27-22(30)16-4-7-18(26)8-5-16/h4-9,15,19H,2-3,10-14H2,1H3,(H,27,30). The van der Waals surface area contributed by atoms with Crippen LogP contribution in [0.15, 0.2) is 42.5 Å². The normalized spacial score (nSPS) is 16.2. The molecule has 0 aliphatic carbocycles. The Labute approximate surface area is 191 Å². The molecule has 2 aromatic carbocycles. The van der Waals surface area contributed by atoms with E-state index in [-0.39, 0.29) is 35.2 Å². The van der Waals surface area contributed by atoms with E-state index in [2.05, 4.69) is 5.32 Å². The SMILES string of the molecule is CCCCN1C(=O)c2ccc(C(=O)N3CCC(NC(=O)c4ccc(F)cc4)CC3)cc2C1=O. The lowest BCUT2D eigenvalue weighted by atomic mass is 10.0. The maximum atomic E-state index is 13.0. The topological polar surface area (TPSA) is 86.8 Å². The fourth-order valence-corrected chi connectivity index (χ4v) is 4.22. The predicted octanol–water partition coefficient (Wildman–Crippen LogP) is 3.26. The van der Waals surface area contributed by atoms with E-state index in [1.54, 1.807) is 17.0 Å². The minimum Gasteiger partial charge on any atom is -0.349 e. The molecule has 4 rings (SSSR count). The van der Waals surface area contributed by atoms with E-state index in [1.165, 1.54) is 35.2 Å². The Kier molecular flexibility index (Phi) is 6.53. The molecular formula is C25H26FN3O4. The summed E-state index contributed by atoms with van der Waals surface area (Å²) in [4.78, 5) is 53.5. The monoisotopic (exact) mass is 451 g/mol. The van der Waals surface area contributed by atoms with Gasteiger partial charge in [-0.05, 0) is 61.7 Å². The van der Waals surface area contributed by atoms with E-state index < -0.39 is 5.82 Å². The van der Waals surface area contributed by atoms with Gasteiger partial charge in [-0.25, -0.2) is 4.39 Å². The molecule has 0 saturated carbocycles. The molecule has 172 valence electrons. The Morgan fingerprint density at radius 3 is 2.27 bits per heavy atom. The van der Waals surface area contributed by atoms with Crippen LogP contribution in [0.3, 0.4) is 0 Å². The maximum absolute atomic E-state index is 13.0. The minimum absolute atomic E-state index is 0.0852. The van der Waals surface area contributed by atoms with E-state index in [0.29, 0.717) is 49.2 Å². The van der Waals surface area contributed by atoms with Crippen LogP contribution in [0.25, 0.3) is 0 Å². The molecule has 0 aromatic heterocycles. The van der Waals surface area contributed by atoms with Crippen molar-refractivity contribution in [2.24, 2.45) is 0 Å². The van der Waals surface area contributed by atoms with Crippen molar-refractivity contribution in [2.45, 2.75) is 38.6 Å². The van der Waals surface area contributed by atoms with Gasteiger partial charge in [0.25, 0.3) is 23.6 Å². The second kappa shape index (κ2) is 9.52. The summed E-state index contributed by atoms with van der Waals surface area (Å²) in [6, 6.07) is 9.95. The van der Waals surface area contributed by atoms with Crippen molar-refractivity contribution in [3.8, 4) is 0 Å². The molecule has 33 heavy (non-hydrogen) atoms. The van der Waals surface area contributed by atoms with E-state index >= 15 is 0 Å². The molecule has 0 unspecified atom stereocenters. The van der Waals surface area contributed by atoms with E-state index in [0.717, 1.165) is 12.8 Å². The molecule has 4 amide bonds. The summed E-state index contributed by atoms with van der Waals surface area (Å²) in [6.45, 7) is 3.29. The molecule has 7 nitrogen and oxygen atoms in total. The summed E-state index contributed by atoms with van der Waals surface area (Å²) in [6.07, 6.45) is 2.79. The molecule has 0 spiro atoms. The van der Waals surface area contributed by atoms with Crippen LogP contribution in [0, 0.1) is 5.82 Å². The molecule has 0 atom stereocenters. The number of benzene rings is 2. The number of carbonyl (C=O) groups excluding carboxylic acids is 4. The molecule has 2 aliphatic rings. The maximum Gasteiger partial charge on any atom is 0.261 e. The number of hydrogen-bond donors (Lipinski definition) is 1. The van der Waals surface area contributed by atoms with E-state index in [1.807, 2.05) is 6.92 Å². The Hall–Kier alpha value is -3.55. The Bertz CT molecular complexity index is 1090. The van der Waals surface area contributed by atoms with Crippen molar-refractivity contribution in [2.75, 3.05) is 19.6 Å². The van der Waals surface area contributed by atoms with Crippen molar-refractivity contribution in [1.82, 2.24) is 15.1 Å². The zero-order chi connectivity index (χ0) is 23.5. The first-order valence-electron chi connectivity index (χ1n) is 11.2. The molecule has 2 aromatic rings. The van der Waals surface area contributed by atoms with Gasteiger partial charge in [0.15, 0.2) is 0 Å². The average molecular weight is 451 g/mol. The largest absolute Gasteiger partial charge is 0.349 e. The van der Waals surface area contributed by atoms with Gasteiger partial charge in [-0.1, -0.05) is 13.3 Å². The van der Waals surface area contributed by atoms with Crippen molar-refractivity contribution in [3.05, 3.63) is 70.5 Å². The molecule has 2 heterocycles. The second-order valence-electron chi connectivity index (χ2n) is 8.42. The number of amides is 4. The van der Waals surface area contributed by atoms with Gasteiger partial charge in [0.05, 0.1) is 11.1 Å². The fraction of sp³-hybridized carbons (Fsp3) is 0.360. The quantitative estimate of drug-likeness (QED) is 0.683. The lowest BCUT2D eigenvalue weighted by Crippen LogP contribution is -2.46. The number of fused-ring (bicyclic) bond motifs is 1. The molecule has 8 heteroatoms. The van der Waals surface area contributed by atoms with Crippen LogP contribution in [0.2, 0.25) is 0 Å². The number of likely N-dealkylation sites (tertiary alicyclic amines) is 1. The van der Waals surface area contributed by atoms with Gasteiger partial charge < -0.3 is 10.2 Å². The third-order valence-electron chi connectivity index (χ3n) is 6.18. The summed E-state index contributed by atoms with van der Waals surface area (Å²) in [5, 5.41) is 2.93. The molecular weight excluding hydrogens is 425 g/mol. The van der Waals surface area contributed by atoms with E-state index in [4.69, 9.17) is 0 Å². The minimum atomic E-state index is -0.398. The van der Waals surface area contributed by atoms with E-state index in [9.17, 15) is 23.6 Å². The molecule has 2 aliphatic heterocycles. The highest BCUT2D eigenvalue weighted by molar-refractivity contribution is 6.22. The van der Waals surface area contributed by atoms with Crippen LogP contribution in [-0.4, -0.2) is 59.1 Å². The first-order chi connectivity index (χ1) is 15.9. The van der Waals surface area contributed by atoms with Gasteiger partial charge in [0, 0.05) is 36.8 Å². The number of imide groups is 1. The molecule has 1 saturated heterocycles. The highest BCUT2D eigenvalue weighted by Gasteiger charge is 2.36. The van der Waals surface area contributed by atoms with Gasteiger partial charge >= 0.3 is 0 Å². The van der Waals surface area contributed by atoms with Gasteiger partial charge in [-0.15, -0.1) is 0 Å². The lowest BCUT2D eigenvalue weighted by molar-refractivity contribution is 0.0650. The van der Waals surface area contributed by atoms with Crippen molar-refractivity contribution >= 4 is 23.6 Å². The van der Waals surface area contributed by atoms with Gasteiger partial charge in [-0.2, -0.15) is 0 Å². The van der Waals surface area contributed by atoms with Crippen LogP contribution in [0.4, 0.5) is 4.39 Å². The summed E-state index contributed by atoms with van der Waals surface area (Å²) in [5.74, 6) is -1.52. The van der Waals surface area contributed by atoms with Crippen LogP contribution in [-0.2, 0) is 0 Å².